The number of para-hydroxylation sites is 1. The molecule has 0 saturated heterocycles. The van der Waals surface area contributed by atoms with Crippen molar-refractivity contribution in [1.29, 1.82) is 0 Å². The molecule has 1 aliphatic rings. The van der Waals surface area contributed by atoms with Crippen molar-refractivity contribution in [1.82, 2.24) is 0 Å². The van der Waals surface area contributed by atoms with Crippen LogP contribution in [0.25, 0.3) is 0 Å². The van der Waals surface area contributed by atoms with E-state index in [0.717, 1.165) is 9.88 Å². The van der Waals surface area contributed by atoms with Crippen molar-refractivity contribution < 1.29 is 13.2 Å². The fraction of sp³-hybridized carbons (Fsp3) is 0.167. The zero-order chi connectivity index (χ0) is 18.4. The third-order valence-corrected chi connectivity index (χ3v) is 5.87. The molecule has 0 bridgehead atoms. The van der Waals surface area contributed by atoms with Gasteiger partial charge in [-0.2, -0.15) is 4.31 Å². The minimum atomic E-state index is -4.04. The number of rotatable bonds is 3. The number of aryl methyl sites for hydroxylation is 1. The topological polar surface area (TPSA) is 57.7 Å². The first kappa shape index (κ1) is 17.5. The van der Waals surface area contributed by atoms with Crippen molar-refractivity contribution in [2.75, 3.05) is 15.7 Å². The van der Waals surface area contributed by atoms with E-state index in [-0.39, 0.29) is 17.1 Å². The number of benzene rings is 2. The third kappa shape index (κ3) is 2.92. The molecule has 0 unspecified atom stereocenters. The second-order valence-electron chi connectivity index (χ2n) is 5.99. The molecule has 130 valence electrons. The van der Waals surface area contributed by atoms with Gasteiger partial charge in [0.25, 0.3) is 10.0 Å². The summed E-state index contributed by atoms with van der Waals surface area (Å²) in [4.78, 5) is 14.6. The molecule has 0 radical (unpaired) electrons. The average molecular weight is 377 g/mol. The normalized spacial score (nSPS) is 15.9. The van der Waals surface area contributed by atoms with Crippen LogP contribution in [0, 0.1) is 6.92 Å². The Morgan fingerprint density at radius 2 is 1.84 bits per heavy atom. The van der Waals surface area contributed by atoms with Gasteiger partial charge in [-0.3, -0.25) is 4.90 Å². The van der Waals surface area contributed by atoms with E-state index in [1.807, 2.05) is 0 Å². The van der Waals surface area contributed by atoms with Gasteiger partial charge in [0, 0.05) is 11.6 Å². The lowest BCUT2D eigenvalue weighted by Crippen LogP contribution is -2.51. The summed E-state index contributed by atoms with van der Waals surface area (Å²) in [5.74, 6) is 0. The summed E-state index contributed by atoms with van der Waals surface area (Å²) in [5.41, 5.74) is 1.98. The molecule has 0 atom stereocenters. The smallest absolute Gasteiger partial charge is 0.288 e. The highest BCUT2D eigenvalue weighted by Crippen LogP contribution is 2.39. The van der Waals surface area contributed by atoms with Gasteiger partial charge in [-0.15, -0.1) is 0 Å². The van der Waals surface area contributed by atoms with Gasteiger partial charge in [-0.25, -0.2) is 13.2 Å². The summed E-state index contributed by atoms with van der Waals surface area (Å²) in [7, 11) is -4.04. The van der Waals surface area contributed by atoms with Crippen LogP contribution in [0.15, 0.2) is 59.5 Å². The molecule has 2 aromatic carbocycles. The second kappa shape index (κ2) is 6.20. The molecule has 0 spiro atoms. The number of hydrogen-bond donors (Lipinski definition) is 0. The quantitative estimate of drug-likeness (QED) is 0.748. The van der Waals surface area contributed by atoms with E-state index in [2.05, 4.69) is 6.58 Å². The van der Waals surface area contributed by atoms with Crippen LogP contribution in [-0.4, -0.2) is 21.0 Å². The molecule has 5 nitrogen and oxygen atoms in total. The zero-order valence-electron chi connectivity index (χ0n) is 13.9. The lowest BCUT2D eigenvalue weighted by atomic mass is 10.2. The first-order chi connectivity index (χ1) is 11.7. The number of amides is 2. The van der Waals surface area contributed by atoms with E-state index in [1.54, 1.807) is 44.2 Å². The van der Waals surface area contributed by atoms with Crippen molar-refractivity contribution in [2.45, 2.75) is 18.7 Å². The van der Waals surface area contributed by atoms with Crippen molar-refractivity contribution in [3.63, 3.8) is 0 Å². The summed E-state index contributed by atoms with van der Waals surface area (Å²) < 4.78 is 27.1. The number of sulfonamides is 1. The van der Waals surface area contributed by atoms with Gasteiger partial charge in [0.2, 0.25) is 0 Å². The van der Waals surface area contributed by atoms with Crippen LogP contribution in [0.2, 0.25) is 5.02 Å². The Morgan fingerprint density at radius 3 is 2.52 bits per heavy atom. The predicted molar refractivity (Wildman–Crippen MR) is 99.9 cm³/mol. The molecule has 7 heteroatoms. The highest BCUT2D eigenvalue weighted by atomic mass is 35.5. The maximum Gasteiger partial charge on any atom is 0.343 e. The minimum absolute atomic E-state index is 0.0789. The number of anilines is 2. The number of fused-ring (bicyclic) bond motifs is 1. The standard InChI is InChI=1S/C18H17ClN2O3S/c1-12(2)11-20-15-6-4-5-7-17(15)25(23,24)21(18(20)22)16-10-14(19)9-8-13(16)3/h4-10H,1,11H2,2-3H3. The van der Waals surface area contributed by atoms with E-state index in [0.29, 0.717) is 16.3 Å². The van der Waals surface area contributed by atoms with Crippen LogP contribution in [0.5, 0.6) is 0 Å². The molecule has 0 aromatic heterocycles. The third-order valence-electron chi connectivity index (χ3n) is 3.90. The van der Waals surface area contributed by atoms with E-state index >= 15 is 0 Å². The maximum atomic E-state index is 13.1. The molecule has 2 amide bonds. The Bertz CT molecular complexity index is 986. The molecule has 0 N–H and O–H groups in total. The number of carbonyl (C=O) groups excluding carboxylic acids is 1. The van der Waals surface area contributed by atoms with Gasteiger partial charge in [0.1, 0.15) is 4.90 Å². The van der Waals surface area contributed by atoms with Crippen LogP contribution in [-0.2, 0) is 10.0 Å². The largest absolute Gasteiger partial charge is 0.343 e. The van der Waals surface area contributed by atoms with E-state index in [1.165, 1.54) is 17.0 Å². The van der Waals surface area contributed by atoms with E-state index in [4.69, 9.17) is 11.6 Å². The second-order valence-corrected chi connectivity index (χ2v) is 8.19. The van der Waals surface area contributed by atoms with Crippen molar-refractivity contribution in [3.05, 3.63) is 65.2 Å². The van der Waals surface area contributed by atoms with Crippen molar-refractivity contribution in [3.8, 4) is 0 Å². The van der Waals surface area contributed by atoms with Crippen LogP contribution in [0.3, 0.4) is 0 Å². The Kier molecular flexibility index (Phi) is 4.34. The minimum Gasteiger partial charge on any atom is -0.288 e. The fourth-order valence-electron chi connectivity index (χ4n) is 2.77. The fourth-order valence-corrected chi connectivity index (χ4v) is 4.58. The summed E-state index contributed by atoms with van der Waals surface area (Å²) in [6.45, 7) is 7.58. The van der Waals surface area contributed by atoms with Gasteiger partial charge < -0.3 is 0 Å². The lowest BCUT2D eigenvalue weighted by Gasteiger charge is -2.36. The first-order valence-electron chi connectivity index (χ1n) is 7.60. The number of nitrogens with zero attached hydrogens (tertiary/aromatic N) is 2. The number of hydrogen-bond acceptors (Lipinski definition) is 3. The Labute approximate surface area is 152 Å². The lowest BCUT2D eigenvalue weighted by molar-refractivity contribution is 0.254. The first-order valence-corrected chi connectivity index (χ1v) is 9.41. The highest BCUT2D eigenvalue weighted by Gasteiger charge is 2.42. The molecular formula is C18H17ClN2O3S. The molecular weight excluding hydrogens is 360 g/mol. The SMILES string of the molecule is C=C(C)CN1C(=O)N(c2cc(Cl)ccc2C)S(=O)(=O)c2ccccc21. The van der Waals surface area contributed by atoms with Crippen molar-refractivity contribution >= 4 is 39.0 Å². The van der Waals surface area contributed by atoms with Crippen molar-refractivity contribution in [2.24, 2.45) is 0 Å². The molecule has 3 rings (SSSR count). The number of carbonyl (C=O) groups is 1. The van der Waals surface area contributed by atoms with E-state index < -0.39 is 16.1 Å². The zero-order valence-corrected chi connectivity index (χ0v) is 15.4. The number of urea groups is 1. The Balaban J connectivity index is 2.28. The summed E-state index contributed by atoms with van der Waals surface area (Å²) in [6.07, 6.45) is 0. The Hall–Kier alpha value is -2.31. The van der Waals surface area contributed by atoms with E-state index in [9.17, 15) is 13.2 Å². The highest BCUT2D eigenvalue weighted by molar-refractivity contribution is 7.94. The molecule has 0 saturated carbocycles. The summed E-state index contributed by atoms with van der Waals surface area (Å²) in [5, 5.41) is 0.355. The molecule has 2 aromatic rings. The van der Waals surface area contributed by atoms with Gasteiger partial charge in [0.05, 0.1) is 11.4 Å². The summed E-state index contributed by atoms with van der Waals surface area (Å²) in [6, 6.07) is 10.6. The van der Waals surface area contributed by atoms with Crippen LogP contribution in [0.1, 0.15) is 12.5 Å². The maximum absolute atomic E-state index is 13.1. The van der Waals surface area contributed by atoms with Crippen LogP contribution in [0.4, 0.5) is 16.2 Å². The molecule has 25 heavy (non-hydrogen) atoms. The van der Waals surface area contributed by atoms with Gasteiger partial charge in [-0.1, -0.05) is 42.0 Å². The predicted octanol–water partition coefficient (Wildman–Crippen LogP) is 4.36. The summed E-state index contributed by atoms with van der Waals surface area (Å²) >= 11 is 6.04. The molecule has 1 aliphatic heterocycles. The molecule has 0 aliphatic carbocycles. The Morgan fingerprint density at radius 1 is 1.16 bits per heavy atom. The van der Waals surface area contributed by atoms with Crippen LogP contribution >= 0.6 is 11.6 Å². The average Bonchev–Trinajstić information content (AvgIpc) is 2.54. The number of halogens is 1. The monoisotopic (exact) mass is 376 g/mol. The molecule has 1 heterocycles. The van der Waals surface area contributed by atoms with Gasteiger partial charge in [0.15, 0.2) is 0 Å². The van der Waals surface area contributed by atoms with Gasteiger partial charge in [-0.05, 0) is 43.7 Å². The van der Waals surface area contributed by atoms with Gasteiger partial charge >= 0.3 is 6.03 Å². The molecule has 0 fully saturated rings. The van der Waals surface area contributed by atoms with Crippen LogP contribution < -0.4 is 9.21 Å².